The van der Waals surface area contributed by atoms with E-state index in [0.29, 0.717) is 22.4 Å². The van der Waals surface area contributed by atoms with Gasteiger partial charge in [-0.05, 0) is 98.8 Å². The largest absolute Gasteiger partial charge is 0.486 e. The molecule has 3 aromatic carbocycles. The highest BCUT2D eigenvalue weighted by Crippen LogP contribution is 2.35. The lowest BCUT2D eigenvalue weighted by molar-refractivity contribution is 0.302. The van der Waals surface area contributed by atoms with Gasteiger partial charge in [0.1, 0.15) is 12.4 Å². The first-order valence-corrected chi connectivity index (χ1v) is 10.8. The second-order valence-corrected chi connectivity index (χ2v) is 8.92. The first kappa shape index (κ1) is 21.4. The van der Waals surface area contributed by atoms with E-state index in [1.807, 2.05) is 30.5 Å². The minimum atomic E-state index is 0.337. The van der Waals surface area contributed by atoms with Crippen LogP contribution in [0, 0.1) is 13.8 Å². The van der Waals surface area contributed by atoms with E-state index in [1.54, 1.807) is 12.1 Å². The molecule has 0 aliphatic carbocycles. The van der Waals surface area contributed by atoms with E-state index in [9.17, 15) is 0 Å². The second kappa shape index (κ2) is 9.45. The zero-order valence-corrected chi connectivity index (χ0v) is 20.0. The van der Waals surface area contributed by atoms with Crippen LogP contribution in [0.5, 0.6) is 5.75 Å². The Morgan fingerprint density at radius 1 is 0.929 bits per heavy atom. The molecule has 0 aliphatic heterocycles. The van der Waals surface area contributed by atoms with Crippen LogP contribution in [0.4, 0.5) is 5.69 Å². The fourth-order valence-corrected chi connectivity index (χ4v) is 4.45. The molecule has 0 fully saturated rings. The number of aliphatic imine (C=N–C) groups is 1. The Hall–Kier alpha value is -1.33. The van der Waals surface area contributed by atoms with Crippen molar-refractivity contribution >= 4 is 67.0 Å². The summed E-state index contributed by atoms with van der Waals surface area (Å²) in [4.78, 5) is 4.57. The number of hydrogen-bond acceptors (Lipinski definition) is 2. The normalized spacial score (nSPS) is 11.2. The maximum Gasteiger partial charge on any atom is 0.148 e. The monoisotopic (exact) mass is 539 g/mol. The van der Waals surface area contributed by atoms with Crippen LogP contribution in [0.25, 0.3) is 0 Å². The molecule has 0 spiro atoms. The molecular formula is C22H17Br2Cl2NO. The lowest BCUT2D eigenvalue weighted by Gasteiger charge is -2.12. The van der Waals surface area contributed by atoms with Crippen LogP contribution in [0.1, 0.15) is 22.3 Å². The Morgan fingerprint density at radius 3 is 2.29 bits per heavy atom. The molecule has 0 N–H and O–H groups in total. The average molecular weight is 542 g/mol. The van der Waals surface area contributed by atoms with Crippen LogP contribution in [0.15, 0.2) is 62.5 Å². The van der Waals surface area contributed by atoms with Crippen molar-refractivity contribution in [2.75, 3.05) is 0 Å². The van der Waals surface area contributed by atoms with Gasteiger partial charge in [0.15, 0.2) is 0 Å². The number of rotatable bonds is 5. The van der Waals surface area contributed by atoms with E-state index >= 15 is 0 Å². The highest BCUT2D eigenvalue weighted by Gasteiger charge is 2.10. The molecule has 3 aromatic rings. The maximum atomic E-state index is 6.22. The van der Waals surface area contributed by atoms with Gasteiger partial charge in [0.2, 0.25) is 0 Å². The van der Waals surface area contributed by atoms with Gasteiger partial charge in [0.25, 0.3) is 0 Å². The van der Waals surface area contributed by atoms with Gasteiger partial charge in [0, 0.05) is 21.8 Å². The van der Waals surface area contributed by atoms with Gasteiger partial charge < -0.3 is 4.74 Å². The van der Waals surface area contributed by atoms with Crippen molar-refractivity contribution in [3.8, 4) is 5.75 Å². The summed E-state index contributed by atoms with van der Waals surface area (Å²) in [5.74, 6) is 0.703. The molecule has 28 heavy (non-hydrogen) atoms. The standard InChI is InChI=1S/C22H17Br2Cl2NO/c1-13-3-6-18(7-14(13)2)27-11-15-8-19(23)22(20(24)9-15)28-12-16-4-5-17(25)10-21(16)26/h3-11H,12H2,1-2H3. The quantitative estimate of drug-likeness (QED) is 0.297. The molecule has 0 saturated heterocycles. The Labute approximate surface area is 191 Å². The first-order valence-electron chi connectivity index (χ1n) is 8.50. The molecule has 0 amide bonds. The minimum absolute atomic E-state index is 0.337. The molecule has 0 saturated carbocycles. The highest BCUT2D eigenvalue weighted by atomic mass is 79.9. The molecule has 0 bridgehead atoms. The smallest absolute Gasteiger partial charge is 0.148 e. The summed E-state index contributed by atoms with van der Waals surface area (Å²) < 4.78 is 7.61. The Bertz CT molecular complexity index is 1030. The van der Waals surface area contributed by atoms with Gasteiger partial charge in [-0.2, -0.15) is 0 Å². The van der Waals surface area contributed by atoms with Crippen molar-refractivity contribution in [3.63, 3.8) is 0 Å². The van der Waals surface area contributed by atoms with Gasteiger partial charge in [-0.3, -0.25) is 4.99 Å². The van der Waals surface area contributed by atoms with Crippen molar-refractivity contribution in [1.29, 1.82) is 0 Å². The summed E-state index contributed by atoms with van der Waals surface area (Å²) in [5.41, 5.74) is 5.22. The van der Waals surface area contributed by atoms with Gasteiger partial charge >= 0.3 is 0 Å². The Kier molecular flexibility index (Phi) is 7.21. The van der Waals surface area contributed by atoms with Crippen LogP contribution in [0.3, 0.4) is 0 Å². The molecule has 2 nitrogen and oxygen atoms in total. The lowest BCUT2D eigenvalue weighted by atomic mass is 10.1. The van der Waals surface area contributed by atoms with Crippen molar-refractivity contribution < 1.29 is 4.74 Å². The van der Waals surface area contributed by atoms with E-state index in [0.717, 1.165) is 25.8 Å². The number of benzene rings is 3. The molecule has 0 heterocycles. The van der Waals surface area contributed by atoms with Crippen molar-refractivity contribution in [3.05, 3.63) is 89.8 Å². The molecule has 3 rings (SSSR count). The number of hydrogen-bond donors (Lipinski definition) is 0. The number of halogens is 4. The summed E-state index contributed by atoms with van der Waals surface area (Å²) in [6, 6.07) is 15.5. The first-order chi connectivity index (χ1) is 13.3. The molecule has 0 radical (unpaired) electrons. The lowest BCUT2D eigenvalue weighted by Crippen LogP contribution is -1.98. The van der Waals surface area contributed by atoms with Crippen LogP contribution in [-0.2, 0) is 6.61 Å². The molecule has 144 valence electrons. The fraction of sp³-hybridized carbons (Fsp3) is 0.136. The average Bonchev–Trinajstić information content (AvgIpc) is 2.63. The predicted molar refractivity (Wildman–Crippen MR) is 126 cm³/mol. The zero-order chi connectivity index (χ0) is 20.3. The van der Waals surface area contributed by atoms with Gasteiger partial charge in [-0.1, -0.05) is 35.3 Å². The van der Waals surface area contributed by atoms with E-state index in [1.165, 1.54) is 11.1 Å². The highest BCUT2D eigenvalue weighted by molar-refractivity contribution is 9.11. The molecular weight excluding hydrogens is 525 g/mol. The summed E-state index contributed by atoms with van der Waals surface area (Å²) in [7, 11) is 0. The SMILES string of the molecule is Cc1ccc(N=Cc2cc(Br)c(OCc3ccc(Cl)cc3Cl)c(Br)c2)cc1C. The molecule has 0 aromatic heterocycles. The van der Waals surface area contributed by atoms with Crippen molar-refractivity contribution in [2.24, 2.45) is 4.99 Å². The fourth-order valence-electron chi connectivity index (χ4n) is 2.54. The van der Waals surface area contributed by atoms with Crippen LogP contribution >= 0.6 is 55.1 Å². The van der Waals surface area contributed by atoms with Crippen LogP contribution in [0.2, 0.25) is 10.0 Å². The second-order valence-electron chi connectivity index (χ2n) is 6.36. The topological polar surface area (TPSA) is 21.6 Å². The third-order valence-corrected chi connectivity index (χ3v) is 6.03. The predicted octanol–water partition coefficient (Wildman–Crippen LogP) is 8.46. The van der Waals surface area contributed by atoms with E-state index in [-0.39, 0.29) is 0 Å². The summed E-state index contributed by atoms with van der Waals surface area (Å²) in [6.45, 7) is 4.51. The summed E-state index contributed by atoms with van der Waals surface area (Å²) in [6.07, 6.45) is 1.83. The van der Waals surface area contributed by atoms with Gasteiger partial charge in [-0.25, -0.2) is 0 Å². The van der Waals surface area contributed by atoms with Crippen molar-refractivity contribution in [2.45, 2.75) is 20.5 Å². The maximum absolute atomic E-state index is 6.22. The minimum Gasteiger partial charge on any atom is -0.486 e. The molecule has 0 atom stereocenters. The molecule has 6 heteroatoms. The van der Waals surface area contributed by atoms with Gasteiger partial charge in [0.05, 0.1) is 14.6 Å². The molecule has 0 unspecified atom stereocenters. The Balaban J connectivity index is 1.76. The van der Waals surface area contributed by atoms with Crippen LogP contribution in [-0.4, -0.2) is 6.21 Å². The molecule has 0 aliphatic rings. The summed E-state index contributed by atoms with van der Waals surface area (Å²) >= 11 is 19.3. The van der Waals surface area contributed by atoms with Crippen molar-refractivity contribution in [1.82, 2.24) is 0 Å². The van der Waals surface area contributed by atoms with E-state index in [4.69, 9.17) is 27.9 Å². The third-order valence-electron chi connectivity index (χ3n) is 4.26. The Morgan fingerprint density at radius 2 is 1.64 bits per heavy atom. The summed E-state index contributed by atoms with van der Waals surface area (Å²) in [5, 5.41) is 1.18. The zero-order valence-electron chi connectivity index (χ0n) is 15.3. The van der Waals surface area contributed by atoms with E-state index in [2.05, 4.69) is 62.8 Å². The van der Waals surface area contributed by atoms with Gasteiger partial charge in [-0.15, -0.1) is 0 Å². The van der Waals surface area contributed by atoms with Crippen LogP contribution < -0.4 is 4.74 Å². The number of aryl methyl sites for hydroxylation is 2. The third kappa shape index (κ3) is 5.38. The number of ether oxygens (including phenoxy) is 1. The number of nitrogens with zero attached hydrogens (tertiary/aromatic N) is 1. The van der Waals surface area contributed by atoms with E-state index < -0.39 is 0 Å².